The molecule has 0 unspecified atom stereocenters. The Labute approximate surface area is 193 Å². The van der Waals surface area contributed by atoms with Crippen molar-refractivity contribution in [2.45, 2.75) is 19.7 Å². The average molecular weight is 550 g/mol. The number of oxazole rings is 1. The molecule has 0 atom stereocenters. The molecule has 0 bridgehead atoms. The van der Waals surface area contributed by atoms with Gasteiger partial charge in [-0.2, -0.15) is 8.78 Å². The molecular formula is C19H21F2IN4O3S. The molecule has 0 fully saturated rings. The molecule has 0 spiro atoms. The van der Waals surface area contributed by atoms with Gasteiger partial charge in [0.1, 0.15) is 17.8 Å². The zero-order valence-electron chi connectivity index (χ0n) is 16.2. The Morgan fingerprint density at radius 2 is 2.07 bits per heavy atom. The summed E-state index contributed by atoms with van der Waals surface area (Å²) in [6, 6.07) is 8.49. The van der Waals surface area contributed by atoms with E-state index < -0.39 is 6.61 Å². The normalized spacial score (nSPS) is 11.2. The lowest BCUT2D eigenvalue weighted by Gasteiger charge is -2.15. The van der Waals surface area contributed by atoms with E-state index in [0.717, 1.165) is 4.88 Å². The van der Waals surface area contributed by atoms with Crippen molar-refractivity contribution in [1.82, 2.24) is 15.6 Å². The number of aromatic nitrogens is 1. The number of benzene rings is 1. The molecule has 11 heteroatoms. The standard InChI is InChI=1S/C19H20F2N4O3S.HI/c1-22-19(24-10-13-11-27-17(25-13)16-4-3-7-29-16)23-9-12-8-14(26-2)5-6-15(12)28-18(20)21;/h3-8,11,18H,9-10H2,1-2H3,(H2,22,23,24);1H. The smallest absolute Gasteiger partial charge is 0.387 e. The highest BCUT2D eigenvalue weighted by Crippen LogP contribution is 2.26. The molecule has 1 aromatic carbocycles. The van der Waals surface area contributed by atoms with E-state index in [0.29, 0.717) is 35.4 Å². The summed E-state index contributed by atoms with van der Waals surface area (Å²) in [5.41, 5.74) is 1.22. The Hall–Kier alpha value is -2.41. The molecule has 2 N–H and O–H groups in total. The van der Waals surface area contributed by atoms with Crippen LogP contribution in [0, 0.1) is 0 Å². The second-order valence-electron chi connectivity index (χ2n) is 5.75. The molecule has 3 aromatic rings. The van der Waals surface area contributed by atoms with Gasteiger partial charge in [0.2, 0.25) is 5.89 Å². The molecule has 0 saturated heterocycles. The van der Waals surface area contributed by atoms with Gasteiger partial charge < -0.3 is 24.5 Å². The fourth-order valence-electron chi connectivity index (χ4n) is 2.51. The Balaban J connectivity index is 0.00000320. The van der Waals surface area contributed by atoms with Gasteiger partial charge in [0.05, 0.1) is 24.2 Å². The first-order valence-corrected chi connectivity index (χ1v) is 9.51. The summed E-state index contributed by atoms with van der Waals surface area (Å²) in [6.45, 7) is -2.32. The number of hydrogen-bond donors (Lipinski definition) is 2. The predicted molar refractivity (Wildman–Crippen MR) is 122 cm³/mol. The van der Waals surface area contributed by atoms with Crippen LogP contribution in [-0.4, -0.2) is 31.7 Å². The fraction of sp³-hybridized carbons (Fsp3) is 0.263. The van der Waals surface area contributed by atoms with Gasteiger partial charge >= 0.3 is 6.61 Å². The summed E-state index contributed by atoms with van der Waals surface area (Å²) in [6.07, 6.45) is 1.58. The van der Waals surface area contributed by atoms with Crippen LogP contribution in [0.2, 0.25) is 0 Å². The first kappa shape index (κ1) is 23.9. The number of thiophene rings is 1. The fourth-order valence-corrected chi connectivity index (χ4v) is 3.16. The number of ether oxygens (including phenoxy) is 2. The highest BCUT2D eigenvalue weighted by molar-refractivity contribution is 14.0. The minimum absolute atomic E-state index is 0. The lowest BCUT2D eigenvalue weighted by molar-refractivity contribution is -0.0504. The van der Waals surface area contributed by atoms with Crippen LogP contribution in [0.1, 0.15) is 11.3 Å². The molecule has 0 aliphatic rings. The molecule has 7 nitrogen and oxygen atoms in total. The maximum Gasteiger partial charge on any atom is 0.387 e. The second kappa shape index (κ2) is 11.7. The Kier molecular flexibility index (Phi) is 9.30. The monoisotopic (exact) mass is 550 g/mol. The lowest BCUT2D eigenvalue weighted by atomic mass is 10.2. The molecule has 162 valence electrons. The van der Waals surface area contributed by atoms with Gasteiger partial charge in [-0.15, -0.1) is 35.3 Å². The van der Waals surface area contributed by atoms with Crippen LogP contribution >= 0.6 is 35.3 Å². The highest BCUT2D eigenvalue weighted by atomic mass is 127. The van der Waals surface area contributed by atoms with Gasteiger partial charge in [0, 0.05) is 19.2 Å². The van der Waals surface area contributed by atoms with Crippen LogP contribution in [0.3, 0.4) is 0 Å². The van der Waals surface area contributed by atoms with Crippen molar-refractivity contribution in [3.8, 4) is 22.3 Å². The molecule has 0 radical (unpaired) electrons. The Morgan fingerprint density at radius 3 is 2.73 bits per heavy atom. The molecule has 0 saturated carbocycles. The summed E-state index contributed by atoms with van der Waals surface area (Å²) in [7, 11) is 3.11. The van der Waals surface area contributed by atoms with Crippen molar-refractivity contribution in [2.75, 3.05) is 14.2 Å². The minimum Gasteiger partial charge on any atom is -0.497 e. The van der Waals surface area contributed by atoms with E-state index in [-0.39, 0.29) is 36.3 Å². The highest BCUT2D eigenvalue weighted by Gasteiger charge is 2.12. The summed E-state index contributed by atoms with van der Waals surface area (Å²) < 4.78 is 40.5. The number of guanidine groups is 1. The van der Waals surface area contributed by atoms with Gasteiger partial charge in [0.15, 0.2) is 5.96 Å². The maximum atomic E-state index is 12.6. The van der Waals surface area contributed by atoms with Crippen LogP contribution < -0.4 is 20.1 Å². The van der Waals surface area contributed by atoms with Gasteiger partial charge in [-0.3, -0.25) is 4.99 Å². The summed E-state index contributed by atoms with van der Waals surface area (Å²) in [4.78, 5) is 9.50. The van der Waals surface area contributed by atoms with E-state index in [4.69, 9.17) is 9.15 Å². The Bertz CT molecular complexity index is 951. The lowest BCUT2D eigenvalue weighted by Crippen LogP contribution is -2.36. The third-order valence-electron chi connectivity index (χ3n) is 3.87. The number of halogens is 3. The Morgan fingerprint density at radius 1 is 1.27 bits per heavy atom. The number of alkyl halides is 2. The molecular weight excluding hydrogens is 529 g/mol. The first-order chi connectivity index (χ1) is 14.1. The molecule has 0 amide bonds. The van der Waals surface area contributed by atoms with Crippen LogP contribution in [0.4, 0.5) is 8.78 Å². The van der Waals surface area contributed by atoms with Crippen molar-refractivity contribution in [3.05, 3.63) is 53.2 Å². The number of nitrogens with zero attached hydrogens (tertiary/aromatic N) is 2. The van der Waals surface area contributed by atoms with Crippen molar-refractivity contribution in [1.29, 1.82) is 0 Å². The third kappa shape index (κ3) is 6.55. The van der Waals surface area contributed by atoms with Crippen LogP contribution in [-0.2, 0) is 13.1 Å². The van der Waals surface area contributed by atoms with E-state index in [1.165, 1.54) is 13.2 Å². The van der Waals surface area contributed by atoms with Crippen molar-refractivity contribution < 1.29 is 22.7 Å². The predicted octanol–water partition coefficient (Wildman–Crippen LogP) is 4.50. The molecule has 0 aliphatic carbocycles. The van der Waals surface area contributed by atoms with E-state index in [2.05, 4.69) is 25.3 Å². The zero-order chi connectivity index (χ0) is 20.6. The van der Waals surface area contributed by atoms with E-state index in [1.807, 2.05) is 17.5 Å². The quantitative estimate of drug-likeness (QED) is 0.245. The molecule has 3 rings (SSSR count). The number of hydrogen-bond acceptors (Lipinski definition) is 6. The van der Waals surface area contributed by atoms with Crippen molar-refractivity contribution >= 4 is 41.3 Å². The van der Waals surface area contributed by atoms with Crippen LogP contribution in [0.25, 0.3) is 10.8 Å². The van der Waals surface area contributed by atoms with Crippen LogP contribution in [0.15, 0.2) is 51.4 Å². The summed E-state index contributed by atoms with van der Waals surface area (Å²) in [5, 5.41) is 8.11. The zero-order valence-corrected chi connectivity index (χ0v) is 19.4. The minimum atomic E-state index is -2.91. The van der Waals surface area contributed by atoms with Gasteiger partial charge in [-0.1, -0.05) is 6.07 Å². The molecule has 0 aliphatic heterocycles. The number of nitrogens with one attached hydrogen (secondary N) is 2. The van der Waals surface area contributed by atoms with Gasteiger partial charge in [-0.25, -0.2) is 4.98 Å². The number of methoxy groups -OCH3 is 1. The van der Waals surface area contributed by atoms with Crippen molar-refractivity contribution in [3.63, 3.8) is 0 Å². The van der Waals surface area contributed by atoms with Gasteiger partial charge in [-0.05, 0) is 29.6 Å². The molecule has 2 aromatic heterocycles. The number of rotatable bonds is 8. The number of aliphatic imine (C=N–C) groups is 1. The van der Waals surface area contributed by atoms with Crippen LogP contribution in [0.5, 0.6) is 11.5 Å². The molecule has 30 heavy (non-hydrogen) atoms. The first-order valence-electron chi connectivity index (χ1n) is 8.63. The maximum absolute atomic E-state index is 12.6. The molecule has 2 heterocycles. The SMILES string of the molecule is CN=C(NCc1coc(-c2cccs2)n1)NCc1cc(OC)ccc1OC(F)F.I. The second-order valence-corrected chi connectivity index (χ2v) is 6.70. The van der Waals surface area contributed by atoms with E-state index in [9.17, 15) is 8.78 Å². The van der Waals surface area contributed by atoms with E-state index in [1.54, 1.807) is 36.8 Å². The third-order valence-corrected chi connectivity index (χ3v) is 4.73. The van der Waals surface area contributed by atoms with E-state index >= 15 is 0 Å². The topological polar surface area (TPSA) is 80.9 Å². The summed E-state index contributed by atoms with van der Waals surface area (Å²) >= 11 is 1.54. The van der Waals surface area contributed by atoms with Gasteiger partial charge in [0.25, 0.3) is 0 Å². The summed E-state index contributed by atoms with van der Waals surface area (Å²) in [5.74, 6) is 1.64. The average Bonchev–Trinajstić information content (AvgIpc) is 3.40. The largest absolute Gasteiger partial charge is 0.497 e. The van der Waals surface area contributed by atoms with Crippen molar-refractivity contribution in [2.24, 2.45) is 4.99 Å².